The number of carbonyl (C=O) groups is 1. The monoisotopic (exact) mass is 279 g/mol. The van der Waals surface area contributed by atoms with Crippen molar-refractivity contribution < 1.29 is 19.0 Å². The first-order valence-electron chi connectivity index (χ1n) is 6.74. The minimum absolute atomic E-state index is 0.192. The fraction of sp³-hybridized carbons (Fsp3) is 0.533. The lowest BCUT2D eigenvalue weighted by Gasteiger charge is -2.39. The Hall–Kier alpha value is -1.59. The summed E-state index contributed by atoms with van der Waals surface area (Å²) >= 11 is 0. The van der Waals surface area contributed by atoms with Gasteiger partial charge in [-0.15, -0.1) is 0 Å². The number of hydrogen-bond acceptors (Lipinski definition) is 4. The van der Waals surface area contributed by atoms with Crippen LogP contribution in [0.3, 0.4) is 0 Å². The molecular weight excluding hydrogens is 258 g/mol. The standard InChI is InChI=1S/C15H21NO4/c1-18-14(19-2)8-13-9-16(10-13)15(17)20-11-12-6-4-3-5-7-12/h3-7,13-14H,8-11H2,1-2H3. The third kappa shape index (κ3) is 3.95. The maximum absolute atomic E-state index is 11.8. The molecule has 1 saturated heterocycles. The van der Waals surface area contributed by atoms with Crippen LogP contribution in [-0.4, -0.2) is 44.6 Å². The average Bonchev–Trinajstić information content (AvgIpc) is 2.45. The van der Waals surface area contributed by atoms with Gasteiger partial charge < -0.3 is 19.1 Å². The summed E-state index contributed by atoms with van der Waals surface area (Å²) < 4.78 is 15.6. The van der Waals surface area contributed by atoms with E-state index in [-0.39, 0.29) is 12.4 Å². The lowest BCUT2D eigenvalue weighted by Crippen LogP contribution is -2.51. The van der Waals surface area contributed by atoms with Gasteiger partial charge >= 0.3 is 6.09 Å². The third-order valence-corrected chi connectivity index (χ3v) is 3.47. The quantitative estimate of drug-likeness (QED) is 0.749. The number of nitrogens with zero attached hydrogens (tertiary/aromatic N) is 1. The number of amides is 1. The van der Waals surface area contributed by atoms with Gasteiger partial charge in [-0.2, -0.15) is 0 Å². The first-order valence-corrected chi connectivity index (χ1v) is 6.74. The highest BCUT2D eigenvalue weighted by molar-refractivity contribution is 5.68. The largest absolute Gasteiger partial charge is 0.445 e. The molecule has 1 aliphatic rings. The zero-order chi connectivity index (χ0) is 14.4. The van der Waals surface area contributed by atoms with E-state index in [1.54, 1.807) is 19.1 Å². The van der Waals surface area contributed by atoms with Crippen LogP contribution in [0.5, 0.6) is 0 Å². The van der Waals surface area contributed by atoms with Gasteiger partial charge in [-0.25, -0.2) is 4.79 Å². The summed E-state index contributed by atoms with van der Waals surface area (Å²) in [5, 5.41) is 0. The van der Waals surface area contributed by atoms with Crippen molar-refractivity contribution in [1.82, 2.24) is 4.90 Å². The number of likely N-dealkylation sites (tertiary alicyclic amines) is 1. The van der Waals surface area contributed by atoms with Crippen LogP contribution >= 0.6 is 0 Å². The van der Waals surface area contributed by atoms with E-state index in [1.165, 1.54) is 0 Å². The summed E-state index contributed by atoms with van der Waals surface area (Å²) in [5.41, 5.74) is 0.997. The number of ether oxygens (including phenoxy) is 3. The van der Waals surface area contributed by atoms with Gasteiger partial charge in [-0.05, 0) is 11.5 Å². The number of methoxy groups -OCH3 is 2. The molecule has 1 heterocycles. The van der Waals surface area contributed by atoms with E-state index in [4.69, 9.17) is 14.2 Å². The first-order chi connectivity index (χ1) is 9.72. The van der Waals surface area contributed by atoms with Crippen LogP contribution in [0.15, 0.2) is 30.3 Å². The Balaban J connectivity index is 1.66. The van der Waals surface area contributed by atoms with Gasteiger partial charge in [-0.1, -0.05) is 30.3 Å². The van der Waals surface area contributed by atoms with Crippen LogP contribution in [0.1, 0.15) is 12.0 Å². The molecule has 0 N–H and O–H groups in total. The Bertz CT molecular complexity index is 413. The lowest BCUT2D eigenvalue weighted by molar-refractivity contribution is -0.123. The summed E-state index contributed by atoms with van der Waals surface area (Å²) in [6, 6.07) is 9.67. The molecule has 5 nitrogen and oxygen atoms in total. The van der Waals surface area contributed by atoms with Crippen LogP contribution in [0.2, 0.25) is 0 Å². The molecular formula is C15H21NO4. The molecule has 1 aromatic carbocycles. The second-order valence-electron chi connectivity index (χ2n) is 4.95. The van der Waals surface area contributed by atoms with E-state index < -0.39 is 0 Å². The van der Waals surface area contributed by atoms with Crippen molar-refractivity contribution in [2.24, 2.45) is 5.92 Å². The van der Waals surface area contributed by atoms with Crippen LogP contribution < -0.4 is 0 Å². The second-order valence-corrected chi connectivity index (χ2v) is 4.95. The molecule has 0 bridgehead atoms. The molecule has 1 aromatic rings. The number of rotatable bonds is 6. The highest BCUT2D eigenvalue weighted by atomic mass is 16.7. The highest BCUT2D eigenvalue weighted by Crippen LogP contribution is 2.22. The molecule has 0 radical (unpaired) electrons. The molecule has 110 valence electrons. The topological polar surface area (TPSA) is 48.0 Å². The second kappa shape index (κ2) is 7.26. The maximum atomic E-state index is 11.8. The highest BCUT2D eigenvalue weighted by Gasteiger charge is 2.33. The summed E-state index contributed by atoms with van der Waals surface area (Å²) in [6.07, 6.45) is 0.356. The Morgan fingerprint density at radius 1 is 1.25 bits per heavy atom. The van der Waals surface area contributed by atoms with Crippen LogP contribution in [-0.2, 0) is 20.8 Å². The normalized spacial score (nSPS) is 15.2. The smallest absolute Gasteiger partial charge is 0.410 e. The van der Waals surface area contributed by atoms with Gasteiger partial charge in [-0.3, -0.25) is 0 Å². The molecule has 20 heavy (non-hydrogen) atoms. The summed E-state index contributed by atoms with van der Waals surface area (Å²) in [4.78, 5) is 13.5. The number of hydrogen-bond donors (Lipinski definition) is 0. The Labute approximate surface area is 119 Å². The lowest BCUT2D eigenvalue weighted by atomic mass is 9.97. The van der Waals surface area contributed by atoms with Gasteiger partial charge in [0.2, 0.25) is 0 Å². The fourth-order valence-corrected chi connectivity index (χ4v) is 2.24. The molecule has 0 aliphatic carbocycles. The van der Waals surface area contributed by atoms with Crippen LogP contribution in [0.4, 0.5) is 4.79 Å². The van der Waals surface area contributed by atoms with Crippen molar-refractivity contribution >= 4 is 6.09 Å². The first kappa shape index (κ1) is 14.8. The van der Waals surface area contributed by atoms with Gasteiger partial charge in [0, 0.05) is 33.7 Å². The molecule has 1 fully saturated rings. The molecule has 0 unspecified atom stereocenters. The van der Waals surface area contributed by atoms with Crippen molar-refractivity contribution in [2.75, 3.05) is 27.3 Å². The Kier molecular flexibility index (Phi) is 5.38. The van der Waals surface area contributed by atoms with Crippen molar-refractivity contribution in [3.05, 3.63) is 35.9 Å². The zero-order valence-electron chi connectivity index (χ0n) is 12.0. The molecule has 0 saturated carbocycles. The van der Waals surface area contributed by atoms with Crippen molar-refractivity contribution in [3.63, 3.8) is 0 Å². The molecule has 5 heteroatoms. The van der Waals surface area contributed by atoms with Gasteiger partial charge in [0.25, 0.3) is 0 Å². The van der Waals surface area contributed by atoms with Crippen molar-refractivity contribution in [3.8, 4) is 0 Å². The summed E-state index contributed by atoms with van der Waals surface area (Å²) in [6.45, 7) is 1.73. The maximum Gasteiger partial charge on any atom is 0.410 e. The fourth-order valence-electron chi connectivity index (χ4n) is 2.24. The van der Waals surface area contributed by atoms with Crippen LogP contribution in [0, 0.1) is 5.92 Å². The van der Waals surface area contributed by atoms with E-state index in [2.05, 4.69) is 0 Å². The average molecular weight is 279 g/mol. The molecule has 0 aromatic heterocycles. The summed E-state index contributed by atoms with van der Waals surface area (Å²) in [7, 11) is 3.25. The van der Waals surface area contributed by atoms with E-state index in [0.717, 1.165) is 12.0 Å². The Morgan fingerprint density at radius 3 is 2.50 bits per heavy atom. The number of carbonyl (C=O) groups excluding carboxylic acids is 1. The van der Waals surface area contributed by atoms with Crippen molar-refractivity contribution in [1.29, 1.82) is 0 Å². The van der Waals surface area contributed by atoms with Gasteiger partial charge in [0.05, 0.1) is 0 Å². The predicted molar refractivity (Wildman–Crippen MR) is 74.1 cm³/mol. The third-order valence-electron chi connectivity index (χ3n) is 3.47. The van der Waals surface area contributed by atoms with E-state index in [9.17, 15) is 4.79 Å². The minimum Gasteiger partial charge on any atom is -0.445 e. The van der Waals surface area contributed by atoms with Crippen LogP contribution in [0.25, 0.3) is 0 Å². The Morgan fingerprint density at radius 2 is 1.90 bits per heavy atom. The van der Waals surface area contributed by atoms with E-state index in [1.807, 2.05) is 30.3 Å². The zero-order valence-corrected chi connectivity index (χ0v) is 12.0. The van der Waals surface area contributed by atoms with E-state index in [0.29, 0.717) is 25.6 Å². The molecule has 0 atom stereocenters. The van der Waals surface area contributed by atoms with Crippen molar-refractivity contribution in [2.45, 2.75) is 19.3 Å². The molecule has 2 rings (SSSR count). The SMILES string of the molecule is COC(CC1CN(C(=O)OCc2ccccc2)C1)OC. The number of benzene rings is 1. The molecule has 1 aliphatic heterocycles. The minimum atomic E-state index is -0.253. The van der Waals surface area contributed by atoms with Gasteiger partial charge in [0.15, 0.2) is 6.29 Å². The molecule has 0 spiro atoms. The predicted octanol–water partition coefficient (Wildman–Crippen LogP) is 2.26. The summed E-state index contributed by atoms with van der Waals surface area (Å²) in [5.74, 6) is 0.421. The van der Waals surface area contributed by atoms with E-state index >= 15 is 0 Å². The molecule has 1 amide bonds. The van der Waals surface area contributed by atoms with Gasteiger partial charge in [0.1, 0.15) is 6.61 Å².